The second-order valence-corrected chi connectivity index (χ2v) is 20.3. The highest BCUT2D eigenvalue weighted by Crippen LogP contribution is 2.55. The molecule has 330 valence electrons. The highest BCUT2D eigenvalue weighted by atomic mass is 19.1. The van der Waals surface area contributed by atoms with E-state index in [2.05, 4.69) is 148 Å². The third kappa shape index (κ3) is 5.70. The molecule has 4 heterocycles. The molecule has 0 atom stereocenters. The molecule has 0 saturated carbocycles. The van der Waals surface area contributed by atoms with Crippen molar-refractivity contribution in [2.45, 2.75) is 52.4 Å². The van der Waals surface area contributed by atoms with Crippen LogP contribution in [0.1, 0.15) is 52.7 Å². The van der Waals surface area contributed by atoms with Gasteiger partial charge in [-0.25, -0.2) is 8.78 Å². The zero-order valence-corrected chi connectivity index (χ0v) is 38.6. The largest absolute Gasteiger partial charge is 0.454 e. The van der Waals surface area contributed by atoms with E-state index in [1.165, 1.54) is 0 Å². The van der Waals surface area contributed by atoms with Crippen molar-refractivity contribution in [1.82, 2.24) is 9.13 Å². The van der Waals surface area contributed by atoms with Crippen LogP contribution >= 0.6 is 0 Å². The molecule has 68 heavy (non-hydrogen) atoms. The molecule has 6 heteroatoms. The van der Waals surface area contributed by atoms with Gasteiger partial charge >= 0.3 is 0 Å². The minimum Gasteiger partial charge on any atom is -0.454 e. The van der Waals surface area contributed by atoms with Crippen LogP contribution in [0.3, 0.4) is 0 Å². The first-order chi connectivity index (χ1) is 32.9. The van der Waals surface area contributed by atoms with Gasteiger partial charge in [-0.3, -0.25) is 0 Å². The SMILES string of the molecule is CC(C)(C)c1c(-c2ccc(F)cc2)c(-n2c3ccccc3c3ccc4c5ccccc5oc4c32)c(C(C)(C)C)c(-n2c3ccccc3c3ccc4c5ccccc5oc4c32)c1-c1ccc(F)cc1. The Hall–Kier alpha value is -7.96. The van der Waals surface area contributed by atoms with Crippen molar-refractivity contribution in [2.75, 3.05) is 0 Å². The van der Waals surface area contributed by atoms with Crippen molar-refractivity contribution in [3.8, 4) is 33.6 Å². The van der Waals surface area contributed by atoms with Gasteiger partial charge in [0.2, 0.25) is 0 Å². The topological polar surface area (TPSA) is 36.1 Å². The lowest BCUT2D eigenvalue weighted by molar-refractivity contribution is 0.574. The molecule has 0 unspecified atom stereocenters. The zero-order valence-electron chi connectivity index (χ0n) is 38.6. The first-order valence-corrected chi connectivity index (χ1v) is 23.3. The Labute approximate surface area is 391 Å². The molecule has 0 saturated heterocycles. The van der Waals surface area contributed by atoms with Crippen molar-refractivity contribution >= 4 is 87.5 Å². The first-order valence-electron chi connectivity index (χ1n) is 23.3. The Bertz CT molecular complexity index is 3970. The van der Waals surface area contributed by atoms with Gasteiger partial charge in [0.1, 0.15) is 22.8 Å². The van der Waals surface area contributed by atoms with Gasteiger partial charge in [-0.1, -0.05) is 151 Å². The third-order valence-electron chi connectivity index (χ3n) is 14.0. The average molecular weight is 889 g/mol. The van der Waals surface area contributed by atoms with Crippen LogP contribution in [0.15, 0.2) is 179 Å². The highest BCUT2D eigenvalue weighted by molar-refractivity contribution is 6.24. The van der Waals surface area contributed by atoms with E-state index in [4.69, 9.17) is 8.83 Å². The summed E-state index contributed by atoms with van der Waals surface area (Å²) in [4.78, 5) is 0. The quantitative estimate of drug-likeness (QED) is 0.176. The van der Waals surface area contributed by atoms with Gasteiger partial charge in [0, 0.05) is 59.8 Å². The van der Waals surface area contributed by atoms with Crippen LogP contribution in [0.2, 0.25) is 0 Å². The number of nitrogens with zero attached hydrogens (tertiary/aromatic N) is 2. The van der Waals surface area contributed by atoms with Crippen molar-refractivity contribution in [3.05, 3.63) is 193 Å². The summed E-state index contributed by atoms with van der Waals surface area (Å²) in [6.45, 7) is 13.6. The van der Waals surface area contributed by atoms with Gasteiger partial charge < -0.3 is 18.0 Å². The minimum atomic E-state index is -0.594. The molecule has 0 aliphatic rings. The average Bonchev–Trinajstić information content (AvgIpc) is 4.08. The van der Waals surface area contributed by atoms with E-state index in [1.54, 1.807) is 24.3 Å². The van der Waals surface area contributed by atoms with Crippen LogP contribution in [0.5, 0.6) is 0 Å². The van der Waals surface area contributed by atoms with E-state index in [0.717, 1.165) is 132 Å². The Balaban J connectivity index is 1.38. The van der Waals surface area contributed by atoms with Crippen LogP contribution in [0.4, 0.5) is 8.78 Å². The molecule has 0 aliphatic carbocycles. The number of fused-ring (bicyclic) bond motifs is 14. The number of aromatic nitrogens is 2. The molecular weight excluding hydrogens is 843 g/mol. The summed E-state index contributed by atoms with van der Waals surface area (Å²) < 4.78 is 49.6. The number of furan rings is 2. The minimum absolute atomic E-state index is 0.319. The van der Waals surface area contributed by atoms with Crippen molar-refractivity contribution in [3.63, 3.8) is 0 Å². The molecule has 4 aromatic heterocycles. The fourth-order valence-corrected chi connectivity index (χ4v) is 11.4. The summed E-state index contributed by atoms with van der Waals surface area (Å²) in [5.41, 5.74) is 13.5. The van der Waals surface area contributed by atoms with Crippen LogP contribution in [-0.2, 0) is 10.8 Å². The molecule has 0 fully saturated rings. The number of hydrogen-bond acceptors (Lipinski definition) is 2. The summed E-state index contributed by atoms with van der Waals surface area (Å²) >= 11 is 0. The highest BCUT2D eigenvalue weighted by Gasteiger charge is 2.39. The van der Waals surface area contributed by atoms with Crippen LogP contribution in [0.25, 0.3) is 121 Å². The molecule has 9 aromatic carbocycles. The maximum Gasteiger partial charge on any atom is 0.160 e. The Morgan fingerprint density at radius 3 is 1.10 bits per heavy atom. The fourth-order valence-electron chi connectivity index (χ4n) is 11.4. The van der Waals surface area contributed by atoms with Gasteiger partial charge in [0.25, 0.3) is 0 Å². The lowest BCUT2D eigenvalue weighted by atomic mass is 9.71. The van der Waals surface area contributed by atoms with Crippen molar-refractivity contribution in [2.24, 2.45) is 0 Å². The predicted octanol–water partition coefficient (Wildman–Crippen LogP) is 17.9. The standard InChI is InChI=1S/C62H46F2N2O2/c1-61(2,3)53-51(35-23-27-37(63)28-24-35)57(65-47-19-11-7-15-39(47)43-31-33-45-41-17-9-13-21-49(41)67-59(45)55(43)65)54(62(4,5)6)58(52(53)36-25-29-38(64)30-26-36)66-48-20-12-8-16-40(48)44-32-34-46-42-18-10-14-22-50(42)68-60(46)56(44)66/h7-34H,1-6H3. The zero-order chi connectivity index (χ0) is 46.4. The van der Waals surface area contributed by atoms with Gasteiger partial charge in [-0.05, 0) is 88.2 Å². The fraction of sp³-hybridized carbons (Fsp3) is 0.129. The van der Waals surface area contributed by atoms with Crippen molar-refractivity contribution < 1.29 is 17.6 Å². The van der Waals surface area contributed by atoms with E-state index in [-0.39, 0.29) is 11.6 Å². The second kappa shape index (κ2) is 14.3. The summed E-state index contributed by atoms with van der Waals surface area (Å²) in [6.07, 6.45) is 0. The number of halogens is 2. The van der Waals surface area contributed by atoms with Gasteiger partial charge in [-0.15, -0.1) is 0 Å². The third-order valence-corrected chi connectivity index (χ3v) is 14.0. The van der Waals surface area contributed by atoms with E-state index < -0.39 is 10.8 Å². The molecule has 0 aliphatic heterocycles. The van der Waals surface area contributed by atoms with Gasteiger partial charge in [-0.2, -0.15) is 0 Å². The summed E-state index contributed by atoms with van der Waals surface area (Å²) in [5.74, 6) is -0.639. The molecule has 0 radical (unpaired) electrons. The first kappa shape index (κ1) is 40.3. The number of hydrogen-bond donors (Lipinski definition) is 0. The Morgan fingerprint density at radius 1 is 0.353 bits per heavy atom. The number of benzene rings is 9. The normalized spacial score (nSPS) is 12.7. The summed E-state index contributed by atoms with van der Waals surface area (Å²) in [5, 5.41) is 8.39. The number of rotatable bonds is 4. The van der Waals surface area contributed by atoms with E-state index in [0.29, 0.717) is 0 Å². The molecule has 13 aromatic rings. The second-order valence-electron chi connectivity index (χ2n) is 20.3. The number of para-hydroxylation sites is 4. The molecule has 0 bridgehead atoms. The maximum absolute atomic E-state index is 15.3. The predicted molar refractivity (Wildman–Crippen MR) is 278 cm³/mol. The van der Waals surface area contributed by atoms with E-state index >= 15 is 8.78 Å². The summed E-state index contributed by atoms with van der Waals surface area (Å²) in [6, 6.07) is 56.4. The van der Waals surface area contributed by atoms with Gasteiger partial charge in [0.15, 0.2) is 11.2 Å². The monoisotopic (exact) mass is 888 g/mol. The molecule has 13 rings (SSSR count). The summed E-state index contributed by atoms with van der Waals surface area (Å²) in [7, 11) is 0. The molecule has 0 spiro atoms. The van der Waals surface area contributed by atoms with Crippen molar-refractivity contribution in [1.29, 1.82) is 0 Å². The Morgan fingerprint density at radius 2 is 0.706 bits per heavy atom. The molecular formula is C62H46F2N2O2. The van der Waals surface area contributed by atoms with Gasteiger partial charge in [0.05, 0.1) is 33.4 Å². The molecule has 4 nitrogen and oxygen atoms in total. The van der Waals surface area contributed by atoms with Crippen LogP contribution in [-0.4, -0.2) is 9.13 Å². The Kier molecular flexibility index (Phi) is 8.46. The lowest BCUT2D eigenvalue weighted by Gasteiger charge is -2.38. The van der Waals surface area contributed by atoms with Crippen LogP contribution < -0.4 is 0 Å². The molecule has 0 N–H and O–H groups in total. The van der Waals surface area contributed by atoms with Crippen LogP contribution in [0, 0.1) is 11.6 Å². The smallest absolute Gasteiger partial charge is 0.160 e. The van der Waals surface area contributed by atoms with E-state index in [9.17, 15) is 0 Å². The molecule has 0 amide bonds. The lowest BCUT2D eigenvalue weighted by Crippen LogP contribution is -2.25. The maximum atomic E-state index is 15.3. The van der Waals surface area contributed by atoms with E-state index in [1.807, 2.05) is 48.5 Å².